The van der Waals surface area contributed by atoms with Crippen LogP contribution in [0.15, 0.2) is 30.7 Å². The molecule has 0 amide bonds. The van der Waals surface area contributed by atoms with Crippen molar-refractivity contribution in [2.24, 2.45) is 5.41 Å². The first-order valence-corrected chi connectivity index (χ1v) is 6.91. The summed E-state index contributed by atoms with van der Waals surface area (Å²) in [6.07, 6.45) is 4.10. The van der Waals surface area contributed by atoms with E-state index in [1.54, 1.807) is 13.3 Å². The summed E-state index contributed by atoms with van der Waals surface area (Å²) in [7, 11) is 1.61. The van der Waals surface area contributed by atoms with Crippen molar-refractivity contribution in [2.45, 2.75) is 27.2 Å². The molecule has 20 heavy (non-hydrogen) atoms. The number of ether oxygens (including phenoxy) is 1. The number of benzene rings is 1. The second kappa shape index (κ2) is 5.80. The van der Waals surface area contributed by atoms with Gasteiger partial charge in [0.05, 0.1) is 13.3 Å². The summed E-state index contributed by atoms with van der Waals surface area (Å²) in [6.45, 7) is 6.60. The van der Waals surface area contributed by atoms with E-state index in [0.717, 1.165) is 28.3 Å². The second-order valence-corrected chi connectivity index (χ2v) is 6.39. The minimum Gasteiger partial charge on any atom is -0.493 e. The highest BCUT2D eigenvalue weighted by atomic mass is 35.5. The van der Waals surface area contributed by atoms with Crippen LogP contribution in [0.3, 0.4) is 0 Å². The van der Waals surface area contributed by atoms with E-state index >= 15 is 0 Å². The Hall–Kier alpha value is -1.61. The van der Waals surface area contributed by atoms with Crippen LogP contribution in [0.25, 0.3) is 11.3 Å². The molecule has 0 unspecified atom stereocenters. The van der Waals surface area contributed by atoms with Gasteiger partial charge in [-0.25, -0.2) is 9.97 Å². The molecule has 0 aliphatic rings. The smallest absolute Gasteiger partial charge is 0.163 e. The second-order valence-electron chi connectivity index (χ2n) is 5.98. The largest absolute Gasteiger partial charge is 0.493 e. The van der Waals surface area contributed by atoms with Crippen molar-refractivity contribution < 1.29 is 4.74 Å². The standard InChI is InChI=1S/C16H19ClN2O/c1-16(2,3)8-12-6-5-11(7-13(12)17)15-14(20-4)9-18-10-19-15/h5-7,9-10H,8H2,1-4H3. The highest BCUT2D eigenvalue weighted by Crippen LogP contribution is 2.32. The summed E-state index contributed by atoms with van der Waals surface area (Å²) in [5.74, 6) is 0.645. The van der Waals surface area contributed by atoms with E-state index in [1.165, 1.54) is 6.33 Å². The SMILES string of the molecule is COc1cncnc1-c1ccc(CC(C)(C)C)c(Cl)c1. The fourth-order valence-electron chi connectivity index (χ4n) is 2.09. The van der Waals surface area contributed by atoms with Crippen molar-refractivity contribution in [3.8, 4) is 17.0 Å². The van der Waals surface area contributed by atoms with E-state index < -0.39 is 0 Å². The maximum atomic E-state index is 6.40. The minimum absolute atomic E-state index is 0.206. The van der Waals surface area contributed by atoms with Crippen molar-refractivity contribution in [3.05, 3.63) is 41.3 Å². The van der Waals surface area contributed by atoms with Gasteiger partial charge in [-0.3, -0.25) is 0 Å². The first-order chi connectivity index (χ1) is 9.40. The van der Waals surface area contributed by atoms with E-state index in [2.05, 4.69) is 36.8 Å². The number of hydrogen-bond donors (Lipinski definition) is 0. The summed E-state index contributed by atoms with van der Waals surface area (Å²) in [5.41, 5.74) is 3.05. The summed E-state index contributed by atoms with van der Waals surface area (Å²) >= 11 is 6.40. The normalized spacial score (nSPS) is 11.4. The van der Waals surface area contributed by atoms with Gasteiger partial charge in [0.1, 0.15) is 12.0 Å². The van der Waals surface area contributed by atoms with Crippen LogP contribution < -0.4 is 4.74 Å². The lowest BCUT2D eigenvalue weighted by molar-refractivity contribution is 0.411. The maximum Gasteiger partial charge on any atom is 0.163 e. The zero-order valence-electron chi connectivity index (χ0n) is 12.3. The molecule has 0 aliphatic carbocycles. The highest BCUT2D eigenvalue weighted by Gasteiger charge is 2.15. The lowest BCUT2D eigenvalue weighted by Gasteiger charge is -2.19. The maximum absolute atomic E-state index is 6.40. The Morgan fingerprint density at radius 1 is 1.25 bits per heavy atom. The van der Waals surface area contributed by atoms with E-state index in [1.807, 2.05) is 12.1 Å². The molecule has 0 saturated carbocycles. The third-order valence-electron chi connectivity index (χ3n) is 2.95. The van der Waals surface area contributed by atoms with Gasteiger partial charge >= 0.3 is 0 Å². The van der Waals surface area contributed by atoms with Crippen molar-refractivity contribution in [3.63, 3.8) is 0 Å². The number of nitrogens with zero attached hydrogens (tertiary/aromatic N) is 2. The summed E-state index contributed by atoms with van der Waals surface area (Å²) in [4.78, 5) is 8.23. The number of aromatic nitrogens is 2. The molecule has 0 spiro atoms. The third-order valence-corrected chi connectivity index (χ3v) is 3.30. The fraction of sp³-hybridized carbons (Fsp3) is 0.375. The zero-order chi connectivity index (χ0) is 14.8. The number of methoxy groups -OCH3 is 1. The molecule has 1 aromatic carbocycles. The van der Waals surface area contributed by atoms with Gasteiger partial charge < -0.3 is 4.74 Å². The quantitative estimate of drug-likeness (QED) is 0.840. The lowest BCUT2D eigenvalue weighted by Crippen LogP contribution is -2.09. The molecule has 1 aromatic heterocycles. The van der Waals surface area contributed by atoms with Crippen LogP contribution in [-0.2, 0) is 6.42 Å². The van der Waals surface area contributed by atoms with Gasteiger partial charge in [-0.15, -0.1) is 0 Å². The molecule has 0 aliphatic heterocycles. The monoisotopic (exact) mass is 290 g/mol. The molecule has 4 heteroatoms. The van der Waals surface area contributed by atoms with E-state index in [9.17, 15) is 0 Å². The third kappa shape index (κ3) is 3.48. The van der Waals surface area contributed by atoms with Crippen LogP contribution in [0.4, 0.5) is 0 Å². The molecular formula is C16H19ClN2O. The van der Waals surface area contributed by atoms with E-state index in [4.69, 9.17) is 16.3 Å². The van der Waals surface area contributed by atoms with Gasteiger partial charge in [0.15, 0.2) is 5.75 Å². The molecule has 2 rings (SSSR count). The van der Waals surface area contributed by atoms with Gasteiger partial charge in [0, 0.05) is 10.6 Å². The molecule has 0 fully saturated rings. The molecule has 1 heterocycles. The van der Waals surface area contributed by atoms with Crippen molar-refractivity contribution >= 4 is 11.6 Å². The Balaban J connectivity index is 2.38. The fourth-order valence-corrected chi connectivity index (χ4v) is 2.34. The van der Waals surface area contributed by atoms with E-state index in [-0.39, 0.29) is 5.41 Å². The number of halogens is 1. The summed E-state index contributed by atoms with van der Waals surface area (Å²) in [5, 5.41) is 0.762. The van der Waals surface area contributed by atoms with Crippen LogP contribution in [0, 0.1) is 5.41 Å². The molecule has 106 valence electrons. The Bertz CT molecular complexity index is 606. The lowest BCUT2D eigenvalue weighted by atomic mass is 9.88. The molecule has 2 aromatic rings. The van der Waals surface area contributed by atoms with Gasteiger partial charge in [0.2, 0.25) is 0 Å². The van der Waals surface area contributed by atoms with Crippen molar-refractivity contribution in [1.29, 1.82) is 0 Å². The van der Waals surface area contributed by atoms with Gasteiger partial charge in [-0.05, 0) is 23.5 Å². The van der Waals surface area contributed by atoms with E-state index in [0.29, 0.717) is 5.75 Å². The minimum atomic E-state index is 0.206. The van der Waals surface area contributed by atoms with Crippen LogP contribution in [0.2, 0.25) is 5.02 Å². The predicted molar refractivity (Wildman–Crippen MR) is 82.2 cm³/mol. The molecule has 0 radical (unpaired) electrons. The first-order valence-electron chi connectivity index (χ1n) is 6.53. The molecule has 0 bridgehead atoms. The van der Waals surface area contributed by atoms with Crippen LogP contribution in [0.1, 0.15) is 26.3 Å². The average molecular weight is 291 g/mol. The van der Waals surface area contributed by atoms with Crippen molar-refractivity contribution in [1.82, 2.24) is 9.97 Å². The average Bonchev–Trinajstić information content (AvgIpc) is 2.39. The van der Waals surface area contributed by atoms with Crippen LogP contribution in [-0.4, -0.2) is 17.1 Å². The highest BCUT2D eigenvalue weighted by molar-refractivity contribution is 6.31. The Kier molecular flexibility index (Phi) is 4.29. The molecular weight excluding hydrogens is 272 g/mol. The predicted octanol–water partition coefficient (Wildman–Crippen LogP) is 4.39. The van der Waals surface area contributed by atoms with Crippen molar-refractivity contribution in [2.75, 3.05) is 7.11 Å². The summed E-state index contributed by atoms with van der Waals surface area (Å²) < 4.78 is 5.28. The topological polar surface area (TPSA) is 35.0 Å². The van der Waals surface area contributed by atoms with Gasteiger partial charge in [-0.2, -0.15) is 0 Å². The van der Waals surface area contributed by atoms with Gasteiger partial charge in [-0.1, -0.05) is 44.5 Å². The van der Waals surface area contributed by atoms with Crippen LogP contribution >= 0.6 is 11.6 Å². The molecule has 3 nitrogen and oxygen atoms in total. The summed E-state index contributed by atoms with van der Waals surface area (Å²) in [6, 6.07) is 6.02. The Morgan fingerprint density at radius 2 is 2.00 bits per heavy atom. The van der Waals surface area contributed by atoms with Crippen LogP contribution in [0.5, 0.6) is 5.75 Å². The number of hydrogen-bond acceptors (Lipinski definition) is 3. The number of rotatable bonds is 3. The van der Waals surface area contributed by atoms with Gasteiger partial charge in [0.25, 0.3) is 0 Å². The molecule has 0 saturated heterocycles. The Labute approximate surface area is 125 Å². The zero-order valence-corrected chi connectivity index (χ0v) is 13.0. The first kappa shape index (κ1) is 14.8. The Morgan fingerprint density at radius 3 is 2.60 bits per heavy atom. The molecule has 0 N–H and O–H groups in total. The molecule has 0 atom stereocenters.